The molecule has 0 aliphatic heterocycles. The average Bonchev–Trinajstić information content (AvgIpc) is 3.20. The molecular weight excluding hydrogens is 340 g/mol. The zero-order valence-electron chi connectivity index (χ0n) is 15.2. The molecule has 136 valence electrons. The van der Waals surface area contributed by atoms with Crippen molar-refractivity contribution in [1.82, 2.24) is 0 Å². The van der Waals surface area contributed by atoms with Crippen LogP contribution in [0.15, 0.2) is 66.0 Å². The molecule has 3 heteroatoms. The van der Waals surface area contributed by atoms with Gasteiger partial charge in [-0.3, -0.25) is 0 Å². The lowest BCUT2D eigenvalue weighted by Crippen LogP contribution is -2.00. The van der Waals surface area contributed by atoms with Crippen molar-refractivity contribution in [3.63, 3.8) is 0 Å². The minimum atomic E-state index is -0.472. The zero-order chi connectivity index (χ0) is 18.2. The molecule has 1 unspecified atom stereocenters. The molecule has 0 spiro atoms. The fourth-order valence-corrected chi connectivity index (χ4v) is 3.74. The third-order valence-electron chi connectivity index (χ3n) is 4.48. The third-order valence-corrected chi connectivity index (χ3v) is 5.39. The third kappa shape index (κ3) is 5.20. The molecule has 1 aromatic heterocycles. The van der Waals surface area contributed by atoms with Crippen LogP contribution >= 0.6 is 11.3 Å². The maximum Gasteiger partial charge on any atom is 0.127 e. The highest BCUT2D eigenvalue weighted by Crippen LogP contribution is 2.35. The van der Waals surface area contributed by atoms with E-state index in [1.165, 1.54) is 16.9 Å². The van der Waals surface area contributed by atoms with E-state index in [2.05, 4.69) is 41.8 Å². The first-order chi connectivity index (χ1) is 12.7. The Morgan fingerprint density at radius 3 is 2.54 bits per heavy atom. The van der Waals surface area contributed by atoms with Crippen LogP contribution in [0, 0.1) is 0 Å². The number of thiophene rings is 1. The van der Waals surface area contributed by atoms with Crippen LogP contribution in [-0.2, 0) is 6.42 Å². The first-order valence-electron chi connectivity index (χ1n) is 9.26. The monoisotopic (exact) mass is 366 g/mol. The van der Waals surface area contributed by atoms with Crippen molar-refractivity contribution in [2.75, 3.05) is 6.61 Å². The molecular formula is C23H26O2S. The number of ether oxygens (including phenoxy) is 1. The van der Waals surface area contributed by atoms with E-state index in [0.29, 0.717) is 0 Å². The van der Waals surface area contributed by atoms with E-state index < -0.39 is 6.10 Å². The number of aliphatic hydroxyl groups excluding tert-OH is 1. The number of benzene rings is 2. The SMILES string of the molecule is CC(O)c1ccc(OCCCCCc2ccccc2)c(-c2cccs2)c1. The molecule has 0 amide bonds. The predicted octanol–water partition coefficient (Wildman–Crippen LogP) is 6.26. The Bertz CT molecular complexity index is 779. The lowest BCUT2D eigenvalue weighted by Gasteiger charge is -2.13. The van der Waals surface area contributed by atoms with E-state index in [1.54, 1.807) is 18.3 Å². The summed E-state index contributed by atoms with van der Waals surface area (Å²) in [4.78, 5) is 1.17. The van der Waals surface area contributed by atoms with Gasteiger partial charge in [-0.1, -0.05) is 42.5 Å². The molecule has 2 nitrogen and oxygen atoms in total. The highest BCUT2D eigenvalue weighted by Gasteiger charge is 2.11. The van der Waals surface area contributed by atoms with Gasteiger partial charge in [0.05, 0.1) is 12.7 Å². The summed E-state index contributed by atoms with van der Waals surface area (Å²) in [6.45, 7) is 2.52. The van der Waals surface area contributed by atoms with E-state index >= 15 is 0 Å². The minimum absolute atomic E-state index is 0.472. The number of hydrogen-bond donors (Lipinski definition) is 1. The molecule has 26 heavy (non-hydrogen) atoms. The molecule has 0 aliphatic carbocycles. The second-order valence-corrected chi connectivity index (χ2v) is 7.50. The summed E-state index contributed by atoms with van der Waals surface area (Å²) in [5, 5.41) is 11.9. The Kier molecular flexibility index (Phi) is 6.87. The molecule has 3 rings (SSSR count). The predicted molar refractivity (Wildman–Crippen MR) is 110 cm³/mol. The van der Waals surface area contributed by atoms with Crippen LogP contribution in [-0.4, -0.2) is 11.7 Å². The van der Waals surface area contributed by atoms with Crippen molar-refractivity contribution < 1.29 is 9.84 Å². The van der Waals surface area contributed by atoms with E-state index in [-0.39, 0.29) is 0 Å². The number of aryl methyl sites for hydroxylation is 1. The molecule has 1 heterocycles. The fraction of sp³-hybridized carbons (Fsp3) is 0.304. The van der Waals surface area contributed by atoms with Gasteiger partial charge in [-0.05, 0) is 67.3 Å². The van der Waals surface area contributed by atoms with Gasteiger partial charge in [0.2, 0.25) is 0 Å². The first kappa shape index (κ1) is 18.7. The van der Waals surface area contributed by atoms with Crippen LogP contribution in [0.2, 0.25) is 0 Å². The molecule has 1 atom stereocenters. The normalized spacial score (nSPS) is 12.1. The summed E-state index contributed by atoms with van der Waals surface area (Å²) in [6.07, 6.45) is 4.06. The number of aliphatic hydroxyl groups is 1. The van der Waals surface area contributed by atoms with E-state index in [9.17, 15) is 5.11 Å². The quantitative estimate of drug-likeness (QED) is 0.453. The summed E-state index contributed by atoms with van der Waals surface area (Å²) in [5.41, 5.74) is 3.40. The summed E-state index contributed by atoms with van der Waals surface area (Å²) in [6, 6.07) is 20.8. The second kappa shape index (κ2) is 9.56. The van der Waals surface area contributed by atoms with Gasteiger partial charge in [0.25, 0.3) is 0 Å². The lowest BCUT2D eigenvalue weighted by atomic mass is 10.0. The number of rotatable bonds is 9. The van der Waals surface area contributed by atoms with E-state index in [4.69, 9.17) is 4.74 Å². The van der Waals surface area contributed by atoms with Crippen LogP contribution in [0.1, 0.15) is 43.4 Å². The molecule has 0 radical (unpaired) electrons. The largest absolute Gasteiger partial charge is 0.493 e. The zero-order valence-corrected chi connectivity index (χ0v) is 16.0. The van der Waals surface area contributed by atoms with Crippen molar-refractivity contribution in [2.45, 2.75) is 38.7 Å². The highest BCUT2D eigenvalue weighted by atomic mass is 32.1. The van der Waals surface area contributed by atoms with Crippen molar-refractivity contribution in [1.29, 1.82) is 0 Å². The average molecular weight is 367 g/mol. The van der Waals surface area contributed by atoms with Gasteiger partial charge >= 0.3 is 0 Å². The molecule has 1 N–H and O–H groups in total. The van der Waals surface area contributed by atoms with Gasteiger partial charge in [-0.2, -0.15) is 0 Å². The molecule has 0 fully saturated rings. The van der Waals surface area contributed by atoms with Crippen LogP contribution in [0.3, 0.4) is 0 Å². The topological polar surface area (TPSA) is 29.5 Å². The van der Waals surface area contributed by atoms with Crippen molar-refractivity contribution in [3.05, 3.63) is 77.2 Å². The van der Waals surface area contributed by atoms with Crippen LogP contribution < -0.4 is 4.74 Å². The van der Waals surface area contributed by atoms with Gasteiger partial charge in [0, 0.05) is 10.4 Å². The molecule has 0 saturated carbocycles. The molecule has 0 aliphatic rings. The van der Waals surface area contributed by atoms with Crippen LogP contribution in [0.25, 0.3) is 10.4 Å². The Morgan fingerprint density at radius 2 is 1.81 bits per heavy atom. The van der Waals surface area contributed by atoms with Crippen molar-refractivity contribution >= 4 is 11.3 Å². The fourth-order valence-electron chi connectivity index (χ4n) is 2.99. The summed E-state index contributed by atoms with van der Waals surface area (Å²) in [5.74, 6) is 0.903. The van der Waals surface area contributed by atoms with Gasteiger partial charge in [-0.15, -0.1) is 11.3 Å². The molecule has 3 aromatic rings. The summed E-state index contributed by atoms with van der Waals surface area (Å²) in [7, 11) is 0. The van der Waals surface area contributed by atoms with Crippen molar-refractivity contribution in [3.8, 4) is 16.2 Å². The summed E-state index contributed by atoms with van der Waals surface area (Å²) >= 11 is 1.69. The molecule has 0 saturated heterocycles. The lowest BCUT2D eigenvalue weighted by molar-refractivity contribution is 0.199. The maximum absolute atomic E-state index is 9.87. The van der Waals surface area contributed by atoms with Crippen molar-refractivity contribution in [2.24, 2.45) is 0 Å². The van der Waals surface area contributed by atoms with Gasteiger partial charge in [0.15, 0.2) is 0 Å². The first-order valence-corrected chi connectivity index (χ1v) is 10.1. The molecule has 2 aromatic carbocycles. The van der Waals surface area contributed by atoms with E-state index in [0.717, 1.165) is 42.7 Å². The Hall–Kier alpha value is -2.10. The number of hydrogen-bond acceptors (Lipinski definition) is 3. The van der Waals surface area contributed by atoms with E-state index in [1.807, 2.05) is 24.3 Å². The van der Waals surface area contributed by atoms with Gasteiger partial charge in [-0.25, -0.2) is 0 Å². The second-order valence-electron chi connectivity index (χ2n) is 6.55. The smallest absolute Gasteiger partial charge is 0.127 e. The standard InChI is InChI=1S/C23H26O2S/c1-18(24)20-13-14-22(21(17-20)23-12-8-16-26-23)25-15-7-3-6-11-19-9-4-2-5-10-19/h2,4-5,8-10,12-14,16-18,24H,3,6-7,11,15H2,1H3. The highest BCUT2D eigenvalue weighted by molar-refractivity contribution is 7.13. The van der Waals surface area contributed by atoms with Gasteiger partial charge < -0.3 is 9.84 Å². The number of unbranched alkanes of at least 4 members (excludes halogenated alkanes) is 2. The van der Waals surface area contributed by atoms with Crippen LogP contribution in [0.5, 0.6) is 5.75 Å². The maximum atomic E-state index is 9.87. The minimum Gasteiger partial charge on any atom is -0.493 e. The van der Waals surface area contributed by atoms with Gasteiger partial charge in [0.1, 0.15) is 5.75 Å². The van der Waals surface area contributed by atoms with Crippen LogP contribution in [0.4, 0.5) is 0 Å². The summed E-state index contributed by atoms with van der Waals surface area (Å²) < 4.78 is 6.07. The Balaban J connectivity index is 1.53. The Labute approximate surface area is 160 Å². The Morgan fingerprint density at radius 1 is 0.962 bits per heavy atom. The molecule has 0 bridgehead atoms.